The van der Waals surface area contributed by atoms with Crippen LogP contribution in [0.2, 0.25) is 0 Å². The highest BCUT2D eigenvalue weighted by molar-refractivity contribution is 6.23. The molecule has 25 heavy (non-hydrogen) atoms. The lowest BCUT2D eigenvalue weighted by molar-refractivity contribution is 0.0880. The molecule has 10 nitrogen and oxygen atoms in total. The fourth-order valence-electron chi connectivity index (χ4n) is 2.76. The van der Waals surface area contributed by atoms with Crippen LogP contribution >= 0.6 is 0 Å². The second-order valence-electron chi connectivity index (χ2n) is 5.43. The smallest absolute Gasteiger partial charge is 0.262 e. The SMILES string of the molecule is Cc1nnnn1-c1ccc(-n2c(N)c3c(cc2=O)C(=O)NC3=O)cc1. The lowest BCUT2D eigenvalue weighted by Crippen LogP contribution is -2.24. The van der Waals surface area contributed by atoms with Crippen molar-refractivity contribution >= 4 is 17.6 Å². The third kappa shape index (κ3) is 2.11. The van der Waals surface area contributed by atoms with Gasteiger partial charge >= 0.3 is 0 Å². The highest BCUT2D eigenvalue weighted by atomic mass is 16.2. The first-order valence-corrected chi connectivity index (χ1v) is 7.24. The highest BCUT2D eigenvalue weighted by Gasteiger charge is 2.31. The molecule has 0 unspecified atom stereocenters. The average molecular weight is 337 g/mol. The van der Waals surface area contributed by atoms with Gasteiger partial charge in [0, 0.05) is 6.07 Å². The van der Waals surface area contributed by atoms with Crippen molar-refractivity contribution in [3.63, 3.8) is 0 Å². The number of aromatic nitrogens is 5. The summed E-state index contributed by atoms with van der Waals surface area (Å²) < 4.78 is 2.71. The number of aryl methyl sites for hydroxylation is 1. The lowest BCUT2D eigenvalue weighted by atomic mass is 10.1. The van der Waals surface area contributed by atoms with Crippen molar-refractivity contribution in [3.8, 4) is 11.4 Å². The number of nitrogens with zero attached hydrogens (tertiary/aromatic N) is 5. The highest BCUT2D eigenvalue weighted by Crippen LogP contribution is 2.23. The van der Waals surface area contributed by atoms with E-state index >= 15 is 0 Å². The maximum atomic E-state index is 12.4. The summed E-state index contributed by atoms with van der Waals surface area (Å²) in [6.07, 6.45) is 0. The molecule has 10 heteroatoms. The molecular formula is C15H11N7O3. The Morgan fingerprint density at radius 2 is 1.72 bits per heavy atom. The lowest BCUT2D eigenvalue weighted by Gasteiger charge is -2.12. The summed E-state index contributed by atoms with van der Waals surface area (Å²) in [6, 6.07) is 7.82. The summed E-state index contributed by atoms with van der Waals surface area (Å²) in [4.78, 5) is 35.9. The molecular weight excluding hydrogens is 326 g/mol. The van der Waals surface area contributed by atoms with Crippen LogP contribution in [0.25, 0.3) is 11.4 Å². The molecule has 0 saturated heterocycles. The van der Waals surface area contributed by atoms with Gasteiger partial charge in [0.05, 0.1) is 22.5 Å². The largest absolute Gasteiger partial charge is 0.384 e. The minimum absolute atomic E-state index is 0.00463. The molecule has 1 aromatic carbocycles. The molecule has 0 bridgehead atoms. The average Bonchev–Trinajstić information content (AvgIpc) is 3.12. The molecule has 3 heterocycles. The number of rotatable bonds is 2. The van der Waals surface area contributed by atoms with E-state index in [1.54, 1.807) is 31.2 Å². The molecule has 2 amide bonds. The summed E-state index contributed by atoms with van der Waals surface area (Å²) in [5.74, 6) is -0.720. The maximum absolute atomic E-state index is 12.4. The van der Waals surface area contributed by atoms with E-state index in [0.717, 1.165) is 6.07 Å². The van der Waals surface area contributed by atoms with Crippen LogP contribution in [0.15, 0.2) is 35.1 Å². The van der Waals surface area contributed by atoms with Crippen molar-refractivity contribution in [1.82, 2.24) is 30.1 Å². The van der Waals surface area contributed by atoms with Crippen LogP contribution in [0, 0.1) is 6.92 Å². The number of carbonyl (C=O) groups is 2. The zero-order valence-corrected chi connectivity index (χ0v) is 12.9. The fourth-order valence-corrected chi connectivity index (χ4v) is 2.76. The first kappa shape index (κ1) is 14.8. The Labute approximate surface area is 139 Å². The van der Waals surface area contributed by atoms with Gasteiger partial charge in [-0.1, -0.05) is 0 Å². The number of nitrogen functional groups attached to an aromatic ring is 1. The van der Waals surface area contributed by atoms with Crippen LogP contribution in [0.5, 0.6) is 0 Å². The van der Waals surface area contributed by atoms with Crippen LogP contribution in [0.4, 0.5) is 5.82 Å². The van der Waals surface area contributed by atoms with Gasteiger partial charge in [-0.2, -0.15) is 4.68 Å². The van der Waals surface area contributed by atoms with Crippen LogP contribution in [-0.2, 0) is 0 Å². The minimum atomic E-state index is -0.625. The quantitative estimate of drug-likeness (QED) is 0.606. The Morgan fingerprint density at radius 3 is 2.36 bits per heavy atom. The third-order valence-corrected chi connectivity index (χ3v) is 3.93. The van der Waals surface area contributed by atoms with E-state index in [1.807, 2.05) is 0 Å². The molecule has 0 atom stereocenters. The van der Waals surface area contributed by atoms with Gasteiger partial charge in [-0.3, -0.25) is 24.3 Å². The number of imide groups is 1. The van der Waals surface area contributed by atoms with Crippen LogP contribution < -0.4 is 16.6 Å². The first-order chi connectivity index (χ1) is 12.0. The molecule has 0 saturated carbocycles. The van der Waals surface area contributed by atoms with E-state index in [2.05, 4.69) is 20.8 Å². The Morgan fingerprint density at radius 1 is 1.04 bits per heavy atom. The molecule has 124 valence electrons. The normalized spacial score (nSPS) is 13.0. The number of pyridine rings is 1. The van der Waals surface area contributed by atoms with Gasteiger partial charge in [0.15, 0.2) is 5.82 Å². The van der Waals surface area contributed by atoms with Crippen molar-refractivity contribution in [1.29, 1.82) is 0 Å². The molecule has 2 aromatic heterocycles. The van der Waals surface area contributed by atoms with E-state index in [4.69, 9.17) is 5.73 Å². The second-order valence-corrected chi connectivity index (χ2v) is 5.43. The predicted octanol–water partition coefficient (Wildman–Crippen LogP) is -0.413. The zero-order valence-electron chi connectivity index (χ0n) is 12.9. The third-order valence-electron chi connectivity index (χ3n) is 3.93. The van der Waals surface area contributed by atoms with Crippen LogP contribution in [0.3, 0.4) is 0 Å². The Bertz CT molecular complexity index is 1100. The van der Waals surface area contributed by atoms with Crippen molar-refractivity contribution in [2.45, 2.75) is 6.92 Å². The monoisotopic (exact) mass is 337 g/mol. The van der Waals surface area contributed by atoms with Gasteiger partial charge in [-0.25, -0.2) is 0 Å². The number of hydrogen-bond acceptors (Lipinski definition) is 7. The van der Waals surface area contributed by atoms with Crippen LogP contribution in [-0.4, -0.2) is 36.6 Å². The number of hydrogen-bond donors (Lipinski definition) is 2. The number of carbonyl (C=O) groups excluding carboxylic acids is 2. The minimum Gasteiger partial charge on any atom is -0.384 e. The van der Waals surface area contributed by atoms with E-state index in [1.165, 1.54) is 9.25 Å². The Balaban J connectivity index is 1.85. The summed E-state index contributed by atoms with van der Waals surface area (Å²) in [5, 5.41) is 13.4. The standard InChI is InChI=1S/C15H11N7O3/c1-7-18-19-20-22(7)9-4-2-8(3-5-9)21-11(23)6-10-12(13(21)16)15(25)17-14(10)24/h2-6H,16H2,1H3,(H,17,24,25). The van der Waals surface area contributed by atoms with Crippen molar-refractivity contribution in [3.05, 3.63) is 57.6 Å². The molecule has 0 aliphatic carbocycles. The van der Waals surface area contributed by atoms with E-state index in [9.17, 15) is 14.4 Å². The summed E-state index contributed by atoms with van der Waals surface area (Å²) in [5.41, 5.74) is 6.63. The van der Waals surface area contributed by atoms with Gasteiger partial charge < -0.3 is 5.73 Å². The van der Waals surface area contributed by atoms with E-state index < -0.39 is 17.4 Å². The summed E-state index contributed by atoms with van der Waals surface area (Å²) >= 11 is 0. The number of anilines is 1. The van der Waals surface area contributed by atoms with Gasteiger partial charge in [0.25, 0.3) is 17.4 Å². The number of nitrogens with two attached hydrogens (primary N) is 1. The van der Waals surface area contributed by atoms with E-state index in [-0.39, 0.29) is 16.9 Å². The predicted molar refractivity (Wildman–Crippen MR) is 85.7 cm³/mol. The van der Waals surface area contributed by atoms with Gasteiger partial charge in [0.1, 0.15) is 5.82 Å². The number of tetrazole rings is 1. The number of amides is 2. The molecule has 0 fully saturated rings. The van der Waals surface area contributed by atoms with Gasteiger partial charge in [-0.15, -0.1) is 5.10 Å². The number of fused-ring (bicyclic) bond motifs is 1. The summed E-state index contributed by atoms with van der Waals surface area (Å²) in [7, 11) is 0. The first-order valence-electron chi connectivity index (χ1n) is 7.24. The molecule has 3 aromatic rings. The fraction of sp³-hybridized carbons (Fsp3) is 0.0667. The van der Waals surface area contributed by atoms with E-state index in [0.29, 0.717) is 17.2 Å². The maximum Gasteiger partial charge on any atom is 0.262 e. The molecule has 1 aliphatic rings. The molecule has 1 aliphatic heterocycles. The Hall–Kier alpha value is -3.82. The summed E-state index contributed by atoms with van der Waals surface area (Å²) in [6.45, 7) is 1.76. The van der Waals surface area contributed by atoms with Gasteiger partial charge in [-0.05, 0) is 41.6 Å². The van der Waals surface area contributed by atoms with Crippen LogP contribution in [0.1, 0.15) is 26.5 Å². The molecule has 0 spiro atoms. The van der Waals surface area contributed by atoms with Crippen molar-refractivity contribution < 1.29 is 9.59 Å². The topological polar surface area (TPSA) is 138 Å². The zero-order chi connectivity index (χ0) is 17.7. The van der Waals surface area contributed by atoms with Gasteiger partial charge in [0.2, 0.25) is 0 Å². The van der Waals surface area contributed by atoms with Crippen molar-refractivity contribution in [2.75, 3.05) is 5.73 Å². The molecule has 4 rings (SSSR count). The Kier molecular flexibility index (Phi) is 3.01. The number of benzene rings is 1. The number of nitrogens with one attached hydrogen (secondary N) is 1. The van der Waals surface area contributed by atoms with Crippen molar-refractivity contribution in [2.24, 2.45) is 0 Å². The molecule has 0 radical (unpaired) electrons. The molecule has 3 N–H and O–H groups in total. The second kappa shape index (κ2) is 5.09.